The molecule has 118 valence electrons. The van der Waals surface area contributed by atoms with Crippen LogP contribution in [0.25, 0.3) is 0 Å². The fourth-order valence-electron chi connectivity index (χ4n) is 2.73. The standard InChI is InChI=1S/C14H22N2O5/c1-8-5-10(8)13(18)15-4-3-12(17)16-7-9(21-2)6-11(16)14(19)20/h8-11H,3-7H2,1-2H3,(H,15,18)(H,19,20). The summed E-state index contributed by atoms with van der Waals surface area (Å²) in [6.07, 6.45) is 1.09. The molecule has 1 aliphatic carbocycles. The van der Waals surface area contributed by atoms with Gasteiger partial charge in [0.25, 0.3) is 0 Å². The van der Waals surface area contributed by atoms with E-state index in [-0.39, 0.29) is 36.8 Å². The normalized spacial score (nSPS) is 31.0. The lowest BCUT2D eigenvalue weighted by Crippen LogP contribution is -2.42. The van der Waals surface area contributed by atoms with Gasteiger partial charge in [0.2, 0.25) is 11.8 Å². The zero-order chi connectivity index (χ0) is 15.6. The van der Waals surface area contributed by atoms with Gasteiger partial charge in [-0.3, -0.25) is 9.59 Å². The van der Waals surface area contributed by atoms with E-state index in [0.29, 0.717) is 18.9 Å². The van der Waals surface area contributed by atoms with E-state index in [1.54, 1.807) is 0 Å². The largest absolute Gasteiger partial charge is 0.480 e. The fourth-order valence-corrected chi connectivity index (χ4v) is 2.73. The molecule has 2 fully saturated rings. The Morgan fingerprint density at radius 2 is 2.00 bits per heavy atom. The Bertz CT molecular complexity index is 439. The third-order valence-electron chi connectivity index (χ3n) is 4.29. The van der Waals surface area contributed by atoms with Crippen molar-refractivity contribution in [2.45, 2.75) is 38.3 Å². The highest BCUT2D eigenvalue weighted by atomic mass is 16.5. The first-order chi connectivity index (χ1) is 9.93. The van der Waals surface area contributed by atoms with Crippen LogP contribution in [0.5, 0.6) is 0 Å². The summed E-state index contributed by atoms with van der Waals surface area (Å²) in [7, 11) is 1.51. The van der Waals surface area contributed by atoms with Crippen molar-refractivity contribution in [2.24, 2.45) is 11.8 Å². The molecule has 2 N–H and O–H groups in total. The van der Waals surface area contributed by atoms with Crippen molar-refractivity contribution in [3.05, 3.63) is 0 Å². The molecule has 0 bridgehead atoms. The van der Waals surface area contributed by atoms with Gasteiger partial charge in [0, 0.05) is 39.0 Å². The minimum Gasteiger partial charge on any atom is -0.480 e. The number of hydrogen-bond donors (Lipinski definition) is 2. The van der Waals surface area contributed by atoms with Gasteiger partial charge < -0.3 is 20.1 Å². The second kappa shape index (κ2) is 6.43. The lowest BCUT2D eigenvalue weighted by molar-refractivity contribution is -0.148. The monoisotopic (exact) mass is 298 g/mol. The molecule has 2 rings (SSSR count). The van der Waals surface area contributed by atoms with Crippen molar-refractivity contribution >= 4 is 17.8 Å². The van der Waals surface area contributed by atoms with E-state index < -0.39 is 12.0 Å². The van der Waals surface area contributed by atoms with Crippen molar-refractivity contribution in [1.82, 2.24) is 10.2 Å². The van der Waals surface area contributed by atoms with E-state index in [1.807, 2.05) is 6.92 Å². The summed E-state index contributed by atoms with van der Waals surface area (Å²) >= 11 is 0. The molecule has 1 saturated carbocycles. The van der Waals surface area contributed by atoms with E-state index >= 15 is 0 Å². The smallest absolute Gasteiger partial charge is 0.326 e. The molecular formula is C14H22N2O5. The van der Waals surface area contributed by atoms with Crippen molar-refractivity contribution in [3.8, 4) is 0 Å². The molecule has 2 amide bonds. The molecule has 0 aromatic rings. The summed E-state index contributed by atoms with van der Waals surface area (Å²) in [4.78, 5) is 36.3. The lowest BCUT2D eigenvalue weighted by atomic mass is 10.2. The van der Waals surface area contributed by atoms with Gasteiger partial charge in [0.05, 0.1) is 6.10 Å². The summed E-state index contributed by atoms with van der Waals surface area (Å²) < 4.78 is 5.14. The van der Waals surface area contributed by atoms with E-state index in [9.17, 15) is 14.4 Å². The molecule has 7 nitrogen and oxygen atoms in total. The number of amides is 2. The summed E-state index contributed by atoms with van der Waals surface area (Å²) in [6.45, 7) is 2.56. The average molecular weight is 298 g/mol. The molecule has 1 heterocycles. The molecule has 0 radical (unpaired) electrons. The Labute approximate surface area is 123 Å². The molecule has 4 unspecified atom stereocenters. The van der Waals surface area contributed by atoms with Gasteiger partial charge in [-0.05, 0) is 12.3 Å². The molecule has 2 aliphatic rings. The second-order valence-electron chi connectivity index (χ2n) is 5.85. The number of carboxylic acid groups (broad SMARTS) is 1. The van der Waals surface area contributed by atoms with Gasteiger partial charge >= 0.3 is 5.97 Å². The zero-order valence-corrected chi connectivity index (χ0v) is 12.4. The van der Waals surface area contributed by atoms with Crippen LogP contribution in [0, 0.1) is 11.8 Å². The predicted molar refractivity (Wildman–Crippen MR) is 73.4 cm³/mol. The number of carbonyl (C=O) groups is 3. The Morgan fingerprint density at radius 1 is 1.33 bits per heavy atom. The van der Waals surface area contributed by atoms with Crippen LogP contribution in [0.2, 0.25) is 0 Å². The van der Waals surface area contributed by atoms with Crippen molar-refractivity contribution in [1.29, 1.82) is 0 Å². The Kier molecular flexibility index (Phi) is 4.82. The number of ether oxygens (including phenoxy) is 1. The van der Waals surface area contributed by atoms with Gasteiger partial charge in [-0.1, -0.05) is 6.92 Å². The predicted octanol–water partition coefficient (Wildman–Crippen LogP) is -0.151. The van der Waals surface area contributed by atoms with Crippen LogP contribution in [0.3, 0.4) is 0 Å². The van der Waals surface area contributed by atoms with Crippen molar-refractivity contribution < 1.29 is 24.2 Å². The summed E-state index contributed by atoms with van der Waals surface area (Å²) in [5, 5.41) is 11.9. The quantitative estimate of drug-likeness (QED) is 0.711. The van der Waals surface area contributed by atoms with Gasteiger partial charge in [0.1, 0.15) is 6.04 Å². The molecule has 7 heteroatoms. The number of carbonyl (C=O) groups excluding carboxylic acids is 2. The zero-order valence-electron chi connectivity index (χ0n) is 12.4. The number of carboxylic acids is 1. The summed E-state index contributed by atoms with van der Waals surface area (Å²) in [5.74, 6) is -0.777. The molecule has 0 aromatic carbocycles. The van der Waals surface area contributed by atoms with Crippen LogP contribution in [0.4, 0.5) is 0 Å². The Balaban J connectivity index is 1.78. The van der Waals surface area contributed by atoms with Gasteiger partial charge in [-0.2, -0.15) is 0 Å². The minimum atomic E-state index is -1.02. The molecule has 1 saturated heterocycles. The van der Waals surface area contributed by atoms with Gasteiger partial charge in [-0.25, -0.2) is 4.79 Å². The first-order valence-corrected chi connectivity index (χ1v) is 7.26. The number of aliphatic carboxylic acids is 1. The van der Waals surface area contributed by atoms with E-state index in [2.05, 4.69) is 5.32 Å². The maximum Gasteiger partial charge on any atom is 0.326 e. The van der Waals surface area contributed by atoms with Crippen LogP contribution in [0.15, 0.2) is 0 Å². The highest BCUT2D eigenvalue weighted by Gasteiger charge is 2.40. The van der Waals surface area contributed by atoms with Crippen LogP contribution in [0.1, 0.15) is 26.2 Å². The average Bonchev–Trinajstić information content (AvgIpc) is 3.02. The summed E-state index contributed by atoms with van der Waals surface area (Å²) in [6, 6.07) is -0.832. The number of methoxy groups -OCH3 is 1. The maximum absolute atomic E-state index is 12.1. The topological polar surface area (TPSA) is 95.9 Å². The first-order valence-electron chi connectivity index (χ1n) is 7.26. The molecule has 0 aromatic heterocycles. The van der Waals surface area contributed by atoms with E-state index in [0.717, 1.165) is 6.42 Å². The Morgan fingerprint density at radius 3 is 2.52 bits per heavy atom. The summed E-state index contributed by atoms with van der Waals surface area (Å²) in [5.41, 5.74) is 0. The molecule has 4 atom stereocenters. The van der Waals surface area contributed by atoms with Crippen LogP contribution in [-0.4, -0.2) is 60.1 Å². The van der Waals surface area contributed by atoms with Crippen LogP contribution >= 0.6 is 0 Å². The number of hydrogen-bond acceptors (Lipinski definition) is 4. The molecule has 1 aliphatic heterocycles. The van der Waals surface area contributed by atoms with Crippen LogP contribution < -0.4 is 5.32 Å². The van der Waals surface area contributed by atoms with Crippen molar-refractivity contribution in [3.63, 3.8) is 0 Å². The third kappa shape index (κ3) is 3.72. The lowest BCUT2D eigenvalue weighted by Gasteiger charge is -2.21. The highest BCUT2D eigenvalue weighted by molar-refractivity contribution is 5.85. The van der Waals surface area contributed by atoms with E-state index in [4.69, 9.17) is 9.84 Å². The minimum absolute atomic E-state index is 0.0127. The fraction of sp³-hybridized carbons (Fsp3) is 0.786. The first kappa shape index (κ1) is 15.8. The maximum atomic E-state index is 12.1. The molecular weight excluding hydrogens is 276 g/mol. The second-order valence-corrected chi connectivity index (χ2v) is 5.85. The number of rotatable bonds is 6. The van der Waals surface area contributed by atoms with Gasteiger partial charge in [-0.15, -0.1) is 0 Å². The van der Waals surface area contributed by atoms with Crippen molar-refractivity contribution in [2.75, 3.05) is 20.2 Å². The van der Waals surface area contributed by atoms with Gasteiger partial charge in [0.15, 0.2) is 0 Å². The third-order valence-corrected chi connectivity index (χ3v) is 4.29. The Hall–Kier alpha value is -1.63. The number of nitrogens with one attached hydrogen (secondary N) is 1. The van der Waals surface area contributed by atoms with Crippen LogP contribution in [-0.2, 0) is 19.1 Å². The number of nitrogens with zero attached hydrogens (tertiary/aromatic N) is 1. The SMILES string of the molecule is COC1CC(C(=O)O)N(C(=O)CCNC(=O)C2CC2C)C1. The number of likely N-dealkylation sites (tertiary alicyclic amines) is 1. The van der Waals surface area contributed by atoms with E-state index in [1.165, 1.54) is 12.0 Å². The molecule has 21 heavy (non-hydrogen) atoms. The highest BCUT2D eigenvalue weighted by Crippen LogP contribution is 2.37. The molecule has 0 spiro atoms.